The number of nitrogens with one attached hydrogen (secondary N) is 2. The van der Waals surface area contributed by atoms with E-state index in [1.54, 1.807) is 28.9 Å². The number of esters is 1. The first-order valence-corrected chi connectivity index (χ1v) is 10.2. The van der Waals surface area contributed by atoms with Crippen molar-refractivity contribution in [2.45, 2.75) is 13.0 Å². The number of fused-ring (bicyclic) bond motifs is 2. The number of hydrogen-bond donors (Lipinski definition) is 2. The van der Waals surface area contributed by atoms with Gasteiger partial charge >= 0.3 is 5.97 Å². The van der Waals surface area contributed by atoms with Crippen LogP contribution < -0.4 is 15.6 Å². The lowest BCUT2D eigenvalue weighted by Crippen LogP contribution is -2.29. The summed E-state index contributed by atoms with van der Waals surface area (Å²) in [5.74, 6) is 0.609. The second-order valence-corrected chi connectivity index (χ2v) is 7.24. The highest BCUT2D eigenvalue weighted by molar-refractivity contribution is 5.89. The summed E-state index contributed by atoms with van der Waals surface area (Å²) < 4.78 is 11.9. The number of anilines is 2. The van der Waals surface area contributed by atoms with Gasteiger partial charge in [-0.25, -0.2) is 9.89 Å². The van der Waals surface area contributed by atoms with Crippen LogP contribution in [0.25, 0.3) is 11.3 Å². The molecule has 0 radical (unpaired) electrons. The van der Waals surface area contributed by atoms with Crippen molar-refractivity contribution in [3.63, 3.8) is 0 Å². The first-order valence-electron chi connectivity index (χ1n) is 10.2. The largest absolute Gasteiger partial charge is 0.494 e. The summed E-state index contributed by atoms with van der Waals surface area (Å²) in [6.45, 7) is 2.47. The number of H-pyrrole nitrogens is 1. The predicted octanol–water partition coefficient (Wildman–Crippen LogP) is 2.30. The number of carbonyl (C=O) groups excluding carboxylic acids is 1. The SMILES string of the molecule is CCOc1ccc(-c2n[nH]c(=O)c3c2[C@H](c2ccc(C(=O)OC)cc2)n2nnnc2N3)cc1. The van der Waals surface area contributed by atoms with Crippen molar-refractivity contribution in [3.8, 4) is 17.0 Å². The van der Waals surface area contributed by atoms with Gasteiger partial charge in [-0.15, -0.1) is 0 Å². The molecule has 166 valence electrons. The van der Waals surface area contributed by atoms with E-state index >= 15 is 0 Å². The molecule has 0 saturated heterocycles. The normalized spacial score (nSPS) is 14.1. The lowest BCUT2D eigenvalue weighted by atomic mass is 9.92. The van der Waals surface area contributed by atoms with E-state index in [-0.39, 0.29) is 0 Å². The van der Waals surface area contributed by atoms with E-state index in [0.29, 0.717) is 35.1 Å². The summed E-state index contributed by atoms with van der Waals surface area (Å²) >= 11 is 0. The zero-order valence-electron chi connectivity index (χ0n) is 17.8. The molecule has 0 bridgehead atoms. The smallest absolute Gasteiger partial charge is 0.337 e. The molecule has 1 aliphatic heterocycles. The van der Waals surface area contributed by atoms with Crippen molar-refractivity contribution in [3.05, 3.63) is 75.6 Å². The fourth-order valence-corrected chi connectivity index (χ4v) is 3.86. The summed E-state index contributed by atoms with van der Waals surface area (Å²) in [6, 6.07) is 13.7. The molecule has 5 rings (SSSR count). The Labute approximate surface area is 187 Å². The number of nitrogens with zero attached hydrogens (tertiary/aromatic N) is 5. The summed E-state index contributed by atoms with van der Waals surface area (Å²) in [4.78, 5) is 24.6. The minimum Gasteiger partial charge on any atom is -0.494 e. The number of aromatic amines is 1. The Kier molecular flexibility index (Phi) is 5.05. The molecule has 2 aromatic carbocycles. The summed E-state index contributed by atoms with van der Waals surface area (Å²) in [5.41, 5.74) is 3.02. The maximum Gasteiger partial charge on any atom is 0.337 e. The van der Waals surface area contributed by atoms with Gasteiger partial charge < -0.3 is 14.8 Å². The third-order valence-corrected chi connectivity index (χ3v) is 5.35. The molecule has 0 aliphatic carbocycles. The monoisotopic (exact) mass is 445 g/mol. The second-order valence-electron chi connectivity index (χ2n) is 7.24. The summed E-state index contributed by atoms with van der Waals surface area (Å²) in [5, 5.41) is 21.8. The first-order chi connectivity index (χ1) is 16.1. The topological polar surface area (TPSA) is 137 Å². The Hall–Kier alpha value is -4.54. The van der Waals surface area contributed by atoms with Gasteiger partial charge in [-0.05, 0) is 59.3 Å². The number of carbonyl (C=O) groups is 1. The van der Waals surface area contributed by atoms with Crippen LogP contribution >= 0.6 is 0 Å². The molecule has 1 aliphatic rings. The minimum atomic E-state index is -0.561. The summed E-state index contributed by atoms with van der Waals surface area (Å²) in [6.07, 6.45) is 0. The molecule has 11 nitrogen and oxygen atoms in total. The van der Waals surface area contributed by atoms with Crippen LogP contribution in [0.2, 0.25) is 0 Å². The second kappa shape index (κ2) is 8.19. The molecule has 1 atom stereocenters. The molecule has 3 heterocycles. The van der Waals surface area contributed by atoms with Crippen molar-refractivity contribution >= 4 is 17.6 Å². The van der Waals surface area contributed by atoms with Gasteiger partial charge in [0.1, 0.15) is 17.5 Å². The van der Waals surface area contributed by atoms with Gasteiger partial charge in [-0.3, -0.25) is 4.79 Å². The number of tetrazole rings is 1. The van der Waals surface area contributed by atoms with Gasteiger partial charge in [0.15, 0.2) is 0 Å². The van der Waals surface area contributed by atoms with E-state index in [2.05, 4.69) is 31.0 Å². The molecule has 0 saturated carbocycles. The van der Waals surface area contributed by atoms with E-state index < -0.39 is 17.6 Å². The Morgan fingerprint density at radius 3 is 2.58 bits per heavy atom. The molecule has 0 fully saturated rings. The Morgan fingerprint density at radius 1 is 1.12 bits per heavy atom. The Morgan fingerprint density at radius 2 is 1.88 bits per heavy atom. The first kappa shape index (κ1) is 20.4. The summed E-state index contributed by atoms with van der Waals surface area (Å²) in [7, 11) is 1.33. The van der Waals surface area contributed by atoms with E-state index in [4.69, 9.17) is 9.47 Å². The number of methoxy groups -OCH3 is 1. The molecular formula is C22H19N7O4. The Balaban J connectivity index is 1.69. The van der Waals surface area contributed by atoms with E-state index in [1.165, 1.54) is 7.11 Å². The highest BCUT2D eigenvalue weighted by Gasteiger charge is 2.34. The van der Waals surface area contributed by atoms with Gasteiger partial charge in [0.05, 0.1) is 25.0 Å². The molecule has 2 N–H and O–H groups in total. The van der Waals surface area contributed by atoms with E-state index in [0.717, 1.165) is 16.9 Å². The van der Waals surface area contributed by atoms with Crippen molar-refractivity contribution < 1.29 is 14.3 Å². The zero-order valence-corrected chi connectivity index (χ0v) is 17.8. The lowest BCUT2D eigenvalue weighted by Gasteiger charge is -2.27. The van der Waals surface area contributed by atoms with Gasteiger partial charge in [0, 0.05) is 11.1 Å². The van der Waals surface area contributed by atoms with Crippen LogP contribution in [0, 0.1) is 0 Å². The lowest BCUT2D eigenvalue weighted by molar-refractivity contribution is 0.0600. The minimum absolute atomic E-state index is 0.304. The van der Waals surface area contributed by atoms with Crippen LogP contribution in [0.1, 0.15) is 34.5 Å². The molecule has 2 aromatic heterocycles. The highest BCUT2D eigenvalue weighted by Crippen LogP contribution is 2.41. The van der Waals surface area contributed by atoms with Crippen LogP contribution in [0.5, 0.6) is 5.75 Å². The number of hydrogen-bond acceptors (Lipinski definition) is 9. The van der Waals surface area contributed by atoms with Crippen molar-refractivity contribution in [1.29, 1.82) is 0 Å². The third-order valence-electron chi connectivity index (χ3n) is 5.35. The van der Waals surface area contributed by atoms with Crippen LogP contribution in [-0.2, 0) is 4.74 Å². The van der Waals surface area contributed by atoms with Gasteiger partial charge in [0.2, 0.25) is 5.95 Å². The van der Waals surface area contributed by atoms with Crippen LogP contribution in [0.15, 0.2) is 53.3 Å². The van der Waals surface area contributed by atoms with Crippen LogP contribution in [-0.4, -0.2) is 50.1 Å². The van der Waals surface area contributed by atoms with Gasteiger partial charge in [0.25, 0.3) is 5.56 Å². The van der Waals surface area contributed by atoms with Crippen LogP contribution in [0.4, 0.5) is 11.6 Å². The predicted molar refractivity (Wildman–Crippen MR) is 118 cm³/mol. The van der Waals surface area contributed by atoms with Crippen LogP contribution in [0.3, 0.4) is 0 Å². The molecule has 4 aromatic rings. The molecular weight excluding hydrogens is 426 g/mol. The maximum absolute atomic E-state index is 12.7. The average molecular weight is 445 g/mol. The quantitative estimate of drug-likeness (QED) is 0.390. The fourth-order valence-electron chi connectivity index (χ4n) is 3.86. The number of ether oxygens (including phenoxy) is 2. The molecule has 33 heavy (non-hydrogen) atoms. The zero-order chi connectivity index (χ0) is 22.9. The van der Waals surface area contributed by atoms with Gasteiger partial charge in [-0.1, -0.05) is 17.2 Å². The highest BCUT2D eigenvalue weighted by atomic mass is 16.5. The molecule has 0 amide bonds. The maximum atomic E-state index is 12.7. The number of aromatic nitrogens is 6. The van der Waals surface area contributed by atoms with E-state index in [9.17, 15) is 9.59 Å². The average Bonchev–Trinajstić information content (AvgIpc) is 3.32. The third kappa shape index (κ3) is 3.49. The molecule has 11 heteroatoms. The van der Waals surface area contributed by atoms with Crippen molar-refractivity contribution in [2.24, 2.45) is 0 Å². The van der Waals surface area contributed by atoms with E-state index in [1.807, 2.05) is 31.2 Å². The Bertz CT molecular complexity index is 1380. The standard InChI is InChI=1S/C22H19N7O4/c1-3-33-15-10-8-12(9-11-15)17-16-18(20(30)25-24-17)23-22-26-27-28-29(22)19(16)13-4-6-14(7-5-13)21(31)32-2/h4-11,19H,3H2,1-2H3,(H,25,30)(H,23,26,28)/t19-/m0/s1. The number of benzene rings is 2. The molecule has 0 spiro atoms. The fraction of sp³-hybridized carbons (Fsp3) is 0.182. The van der Waals surface area contributed by atoms with Crippen molar-refractivity contribution in [2.75, 3.05) is 19.0 Å². The van der Waals surface area contributed by atoms with Crippen molar-refractivity contribution in [1.82, 2.24) is 30.4 Å². The number of rotatable bonds is 5. The molecule has 0 unspecified atom stereocenters. The van der Waals surface area contributed by atoms with Gasteiger partial charge in [-0.2, -0.15) is 9.78 Å².